The van der Waals surface area contributed by atoms with Crippen molar-refractivity contribution in [1.29, 1.82) is 0 Å². The van der Waals surface area contributed by atoms with Crippen LogP contribution in [0.5, 0.6) is 0 Å². The summed E-state index contributed by atoms with van der Waals surface area (Å²) in [6.45, 7) is 8.71. The fourth-order valence-electron chi connectivity index (χ4n) is 3.60. The molecule has 2 aromatic carbocycles. The number of carbonyl (C=O) groups is 2. The molecule has 1 aliphatic rings. The lowest BCUT2D eigenvalue weighted by molar-refractivity contribution is -0.140. The summed E-state index contributed by atoms with van der Waals surface area (Å²) in [5.41, 5.74) is 2.62. The Hall–Kier alpha value is -3.46. The van der Waals surface area contributed by atoms with Crippen LogP contribution in [-0.4, -0.2) is 35.2 Å². The number of esters is 1. The highest BCUT2D eigenvalue weighted by molar-refractivity contribution is 7.80. The number of rotatable bonds is 7. The van der Waals surface area contributed by atoms with Crippen molar-refractivity contribution in [3.8, 4) is 0 Å². The van der Waals surface area contributed by atoms with Crippen molar-refractivity contribution in [2.24, 2.45) is 5.92 Å². The molecule has 0 fully saturated rings. The van der Waals surface area contributed by atoms with Crippen molar-refractivity contribution in [2.45, 2.75) is 33.7 Å². The van der Waals surface area contributed by atoms with Gasteiger partial charge >= 0.3 is 12.0 Å². The van der Waals surface area contributed by atoms with E-state index in [1.165, 1.54) is 12.1 Å². The van der Waals surface area contributed by atoms with E-state index < -0.39 is 23.9 Å². The lowest BCUT2D eigenvalue weighted by Crippen LogP contribution is -2.47. The highest BCUT2D eigenvalue weighted by Crippen LogP contribution is 2.32. The smallest absolute Gasteiger partial charge is 0.338 e. The summed E-state index contributed by atoms with van der Waals surface area (Å²) in [5, 5.41) is 8.91. The molecule has 9 heteroatoms. The summed E-state index contributed by atoms with van der Waals surface area (Å²) in [4.78, 5) is 27.1. The molecule has 3 N–H and O–H groups in total. The minimum atomic E-state index is -0.568. The molecule has 1 heterocycles. The molecule has 2 amide bonds. The number of allylic oxidation sites excluding steroid dienone is 1. The summed E-state index contributed by atoms with van der Waals surface area (Å²) in [5.74, 6) is -0.701. The van der Waals surface area contributed by atoms with Gasteiger partial charge in [0.05, 0.1) is 23.9 Å². The lowest BCUT2D eigenvalue weighted by atomic mass is 9.95. The second-order valence-electron chi connectivity index (χ2n) is 8.30. The van der Waals surface area contributed by atoms with Gasteiger partial charge in [-0.1, -0.05) is 38.1 Å². The van der Waals surface area contributed by atoms with Gasteiger partial charge in [0.25, 0.3) is 0 Å². The summed E-state index contributed by atoms with van der Waals surface area (Å²) in [7, 11) is 0. The number of nitrogens with one attached hydrogen (secondary N) is 3. The van der Waals surface area contributed by atoms with Crippen LogP contribution in [0.1, 0.15) is 39.3 Å². The van der Waals surface area contributed by atoms with Gasteiger partial charge in [0.15, 0.2) is 5.11 Å². The summed E-state index contributed by atoms with van der Waals surface area (Å²) in [6, 6.07) is 11.9. The van der Waals surface area contributed by atoms with Gasteiger partial charge in [-0.3, -0.25) is 0 Å². The van der Waals surface area contributed by atoms with E-state index in [1.807, 2.05) is 32.6 Å². The number of urea groups is 1. The van der Waals surface area contributed by atoms with E-state index in [9.17, 15) is 14.0 Å². The molecule has 0 aromatic heterocycles. The molecule has 180 valence electrons. The molecule has 0 saturated heterocycles. The van der Waals surface area contributed by atoms with E-state index in [0.717, 1.165) is 11.3 Å². The second kappa shape index (κ2) is 11.1. The molecule has 3 rings (SSSR count). The van der Waals surface area contributed by atoms with Gasteiger partial charge in [-0.2, -0.15) is 0 Å². The molecular formula is C25H29FN4O3S. The Morgan fingerprint density at radius 1 is 1.15 bits per heavy atom. The van der Waals surface area contributed by atoms with Crippen LogP contribution in [-0.2, 0) is 9.53 Å². The Labute approximate surface area is 204 Å². The lowest BCUT2D eigenvalue weighted by Gasteiger charge is -2.37. The van der Waals surface area contributed by atoms with Crippen molar-refractivity contribution in [3.63, 3.8) is 0 Å². The van der Waals surface area contributed by atoms with E-state index in [-0.39, 0.29) is 11.6 Å². The van der Waals surface area contributed by atoms with Gasteiger partial charge < -0.3 is 25.6 Å². The molecule has 2 aromatic rings. The number of hydrogen-bond donors (Lipinski definition) is 3. The summed E-state index contributed by atoms with van der Waals surface area (Å²) >= 11 is 5.51. The fraction of sp³-hybridized carbons (Fsp3) is 0.320. The quantitative estimate of drug-likeness (QED) is 0.370. The van der Waals surface area contributed by atoms with E-state index in [4.69, 9.17) is 17.0 Å². The van der Waals surface area contributed by atoms with Crippen molar-refractivity contribution >= 4 is 40.7 Å². The monoisotopic (exact) mass is 484 g/mol. The first kappa shape index (κ1) is 25.2. The number of nitrogens with zero attached hydrogens (tertiary/aromatic N) is 1. The first-order valence-corrected chi connectivity index (χ1v) is 11.5. The van der Waals surface area contributed by atoms with E-state index in [0.29, 0.717) is 29.5 Å². The highest BCUT2D eigenvalue weighted by atomic mass is 32.1. The molecule has 0 spiro atoms. The zero-order valence-electron chi connectivity index (χ0n) is 19.6. The molecular weight excluding hydrogens is 455 g/mol. The van der Waals surface area contributed by atoms with E-state index in [2.05, 4.69) is 16.0 Å². The number of ether oxygens (including phenoxy) is 1. The average Bonchev–Trinajstić information content (AvgIpc) is 2.79. The normalized spacial score (nSPS) is 15.8. The van der Waals surface area contributed by atoms with Crippen LogP contribution in [0.3, 0.4) is 0 Å². The third-order valence-corrected chi connectivity index (χ3v) is 5.64. The van der Waals surface area contributed by atoms with Crippen LogP contribution in [0.15, 0.2) is 59.8 Å². The largest absolute Gasteiger partial charge is 0.462 e. The summed E-state index contributed by atoms with van der Waals surface area (Å²) < 4.78 is 19.3. The topological polar surface area (TPSA) is 82.7 Å². The van der Waals surface area contributed by atoms with E-state index in [1.54, 1.807) is 36.4 Å². The number of anilines is 2. The number of carbonyl (C=O) groups excluding carboxylic acids is 2. The minimum absolute atomic E-state index is 0.0854. The van der Waals surface area contributed by atoms with Crippen LogP contribution in [0.2, 0.25) is 0 Å². The number of hydrogen-bond acceptors (Lipinski definition) is 4. The van der Waals surface area contributed by atoms with Crippen molar-refractivity contribution in [1.82, 2.24) is 10.2 Å². The van der Waals surface area contributed by atoms with Gasteiger partial charge in [-0.05, 0) is 61.8 Å². The zero-order chi connectivity index (χ0) is 24.8. The number of thiocarbonyl (C=S) groups is 1. The molecule has 0 radical (unpaired) electrons. The Balaban J connectivity index is 1.79. The number of para-hydroxylation sites is 1. The third kappa shape index (κ3) is 5.91. The number of amides is 2. The maximum Gasteiger partial charge on any atom is 0.338 e. The zero-order valence-corrected chi connectivity index (χ0v) is 20.5. The van der Waals surface area contributed by atoms with Gasteiger partial charge in [0, 0.05) is 17.9 Å². The Morgan fingerprint density at radius 2 is 1.82 bits per heavy atom. The highest BCUT2D eigenvalue weighted by Gasteiger charge is 2.34. The van der Waals surface area contributed by atoms with Gasteiger partial charge in [0.2, 0.25) is 0 Å². The van der Waals surface area contributed by atoms with Crippen LogP contribution < -0.4 is 16.0 Å². The fourth-order valence-corrected chi connectivity index (χ4v) is 3.99. The first-order valence-electron chi connectivity index (χ1n) is 11.1. The van der Waals surface area contributed by atoms with Crippen molar-refractivity contribution in [2.75, 3.05) is 23.8 Å². The Morgan fingerprint density at radius 3 is 2.44 bits per heavy atom. The summed E-state index contributed by atoms with van der Waals surface area (Å²) in [6.07, 6.45) is 0. The molecule has 1 aliphatic heterocycles. The van der Waals surface area contributed by atoms with Crippen molar-refractivity contribution in [3.05, 3.63) is 71.2 Å². The first-order chi connectivity index (χ1) is 16.2. The van der Waals surface area contributed by atoms with Crippen LogP contribution in [0.25, 0.3) is 0 Å². The number of benzene rings is 2. The molecule has 1 atom stereocenters. The maximum atomic E-state index is 13.8. The maximum absolute atomic E-state index is 13.8. The predicted octanol–water partition coefficient (Wildman–Crippen LogP) is 5.19. The van der Waals surface area contributed by atoms with Crippen LogP contribution in [0, 0.1) is 11.7 Å². The van der Waals surface area contributed by atoms with Gasteiger partial charge in [-0.15, -0.1) is 0 Å². The standard InChI is InChI=1S/C25H29FN4O3S/c1-5-30-16(4)21(23(31)33-14-15(2)3)22(29-25(30)34)17-10-12-18(13-11-17)27-24(32)28-20-9-7-6-8-19(20)26/h6-13,15,22H,5,14H2,1-4H3,(H,29,34)(H2,27,28,32)/t22-/m0/s1. The number of halogens is 1. The van der Waals surface area contributed by atoms with Crippen LogP contribution >= 0.6 is 12.2 Å². The van der Waals surface area contributed by atoms with Gasteiger partial charge in [-0.25, -0.2) is 14.0 Å². The van der Waals surface area contributed by atoms with Gasteiger partial charge in [0.1, 0.15) is 5.82 Å². The molecule has 0 bridgehead atoms. The molecule has 0 aliphatic carbocycles. The molecule has 7 nitrogen and oxygen atoms in total. The SMILES string of the molecule is CCN1C(=S)N[C@@H](c2ccc(NC(=O)Nc3ccccc3F)cc2)C(C(=O)OCC(C)C)=C1C. The predicted molar refractivity (Wildman–Crippen MR) is 135 cm³/mol. The molecule has 34 heavy (non-hydrogen) atoms. The average molecular weight is 485 g/mol. The minimum Gasteiger partial charge on any atom is -0.462 e. The Bertz CT molecular complexity index is 1100. The third-order valence-electron chi connectivity index (χ3n) is 5.30. The van der Waals surface area contributed by atoms with E-state index >= 15 is 0 Å². The van der Waals surface area contributed by atoms with Crippen LogP contribution in [0.4, 0.5) is 20.6 Å². The van der Waals surface area contributed by atoms with Crippen molar-refractivity contribution < 1.29 is 18.7 Å². The molecule has 0 saturated carbocycles. The Kier molecular flexibility index (Phi) is 8.22. The molecule has 0 unspecified atom stereocenters. The second-order valence-corrected chi connectivity index (χ2v) is 8.69.